The smallest absolute Gasteiger partial charge is 0.0514 e. The molecule has 0 aromatic carbocycles. The van der Waals surface area contributed by atoms with Crippen LogP contribution in [0, 0.1) is 6.92 Å². The van der Waals surface area contributed by atoms with Crippen LogP contribution in [0.3, 0.4) is 0 Å². The lowest BCUT2D eigenvalue weighted by molar-refractivity contribution is 0.789. The van der Waals surface area contributed by atoms with Crippen LogP contribution in [0.1, 0.15) is 23.4 Å². The molecule has 1 unspecified atom stereocenters. The fourth-order valence-corrected chi connectivity index (χ4v) is 1.53. The minimum atomic E-state index is 0.464. The monoisotopic (exact) mass is 156 g/mol. The first-order valence-corrected chi connectivity index (χ1v) is 4.14. The largest absolute Gasteiger partial charge is 0.330 e. The van der Waals surface area contributed by atoms with E-state index in [0.29, 0.717) is 12.5 Å². The van der Waals surface area contributed by atoms with Gasteiger partial charge in [0.15, 0.2) is 0 Å². The SMILES string of the molecule is Cc1cc(C(C)CN)sn1. The quantitative estimate of drug-likeness (QED) is 0.705. The Morgan fingerprint density at radius 3 is 2.90 bits per heavy atom. The van der Waals surface area contributed by atoms with E-state index < -0.39 is 0 Å². The number of nitrogens with zero attached hydrogens (tertiary/aromatic N) is 1. The number of aryl methyl sites for hydroxylation is 1. The van der Waals surface area contributed by atoms with Crippen LogP contribution in [0.25, 0.3) is 0 Å². The number of hydrogen-bond donors (Lipinski definition) is 1. The van der Waals surface area contributed by atoms with E-state index in [1.54, 1.807) is 11.5 Å². The van der Waals surface area contributed by atoms with Gasteiger partial charge in [0.05, 0.1) is 5.69 Å². The fourth-order valence-electron chi connectivity index (χ4n) is 0.732. The van der Waals surface area contributed by atoms with E-state index in [2.05, 4.69) is 17.4 Å². The average molecular weight is 156 g/mol. The van der Waals surface area contributed by atoms with Crippen LogP contribution in [0.5, 0.6) is 0 Å². The highest BCUT2D eigenvalue weighted by Gasteiger charge is 2.05. The van der Waals surface area contributed by atoms with E-state index in [-0.39, 0.29) is 0 Å². The Morgan fingerprint density at radius 2 is 2.50 bits per heavy atom. The van der Waals surface area contributed by atoms with E-state index in [9.17, 15) is 0 Å². The topological polar surface area (TPSA) is 38.9 Å². The summed E-state index contributed by atoms with van der Waals surface area (Å²) in [6.45, 7) is 4.83. The Balaban J connectivity index is 2.74. The van der Waals surface area contributed by atoms with Gasteiger partial charge in [0.2, 0.25) is 0 Å². The summed E-state index contributed by atoms with van der Waals surface area (Å²) in [5, 5.41) is 0. The van der Waals surface area contributed by atoms with Gasteiger partial charge in [-0.15, -0.1) is 0 Å². The summed E-state index contributed by atoms with van der Waals surface area (Å²) in [5.41, 5.74) is 6.59. The highest BCUT2D eigenvalue weighted by atomic mass is 32.1. The number of aromatic nitrogens is 1. The summed E-state index contributed by atoms with van der Waals surface area (Å²) in [6.07, 6.45) is 0. The molecule has 0 saturated heterocycles. The van der Waals surface area contributed by atoms with E-state index in [1.165, 1.54) is 4.88 Å². The summed E-state index contributed by atoms with van der Waals surface area (Å²) >= 11 is 1.55. The van der Waals surface area contributed by atoms with Crippen molar-refractivity contribution in [3.8, 4) is 0 Å². The summed E-state index contributed by atoms with van der Waals surface area (Å²) in [6, 6.07) is 2.10. The van der Waals surface area contributed by atoms with Crippen molar-refractivity contribution in [2.45, 2.75) is 19.8 Å². The predicted octanol–water partition coefficient (Wildman–Crippen LogP) is 1.51. The maximum atomic E-state index is 5.49. The number of hydrogen-bond acceptors (Lipinski definition) is 3. The average Bonchev–Trinajstić information content (AvgIpc) is 2.34. The van der Waals surface area contributed by atoms with Crippen LogP contribution in [-0.2, 0) is 0 Å². The zero-order chi connectivity index (χ0) is 7.56. The van der Waals surface area contributed by atoms with Crippen LogP contribution in [-0.4, -0.2) is 10.9 Å². The Bertz CT molecular complexity index is 207. The Kier molecular flexibility index (Phi) is 2.40. The zero-order valence-electron chi connectivity index (χ0n) is 6.29. The van der Waals surface area contributed by atoms with Crippen LogP contribution >= 0.6 is 11.5 Å². The summed E-state index contributed by atoms with van der Waals surface area (Å²) in [5.74, 6) is 0.464. The lowest BCUT2D eigenvalue weighted by atomic mass is 10.1. The molecule has 0 aliphatic carbocycles. The maximum absolute atomic E-state index is 5.49. The number of nitrogens with two attached hydrogens (primary N) is 1. The van der Waals surface area contributed by atoms with Gasteiger partial charge in [0.1, 0.15) is 0 Å². The van der Waals surface area contributed by atoms with Gasteiger partial charge < -0.3 is 5.73 Å². The molecule has 10 heavy (non-hydrogen) atoms. The minimum absolute atomic E-state index is 0.464. The van der Waals surface area contributed by atoms with Crippen molar-refractivity contribution >= 4 is 11.5 Å². The summed E-state index contributed by atoms with van der Waals surface area (Å²) in [4.78, 5) is 1.29. The van der Waals surface area contributed by atoms with Crippen molar-refractivity contribution in [1.29, 1.82) is 0 Å². The van der Waals surface area contributed by atoms with Crippen LogP contribution in [0.2, 0.25) is 0 Å². The molecule has 0 aliphatic heterocycles. The number of rotatable bonds is 2. The molecular formula is C7H12N2S. The first kappa shape index (κ1) is 7.69. The minimum Gasteiger partial charge on any atom is -0.330 e. The lowest BCUT2D eigenvalue weighted by Crippen LogP contribution is -2.07. The molecule has 1 aromatic heterocycles. The third-order valence-corrected chi connectivity index (χ3v) is 2.60. The Hall–Kier alpha value is -0.410. The van der Waals surface area contributed by atoms with Crippen molar-refractivity contribution in [3.63, 3.8) is 0 Å². The predicted molar refractivity (Wildman–Crippen MR) is 44.3 cm³/mol. The van der Waals surface area contributed by atoms with Gasteiger partial charge in [-0.1, -0.05) is 6.92 Å². The third kappa shape index (κ3) is 1.55. The highest BCUT2D eigenvalue weighted by Crippen LogP contribution is 2.18. The Labute approximate surface area is 65.2 Å². The molecule has 0 spiro atoms. The van der Waals surface area contributed by atoms with Crippen molar-refractivity contribution < 1.29 is 0 Å². The first-order chi connectivity index (χ1) is 4.74. The van der Waals surface area contributed by atoms with Crippen molar-refractivity contribution in [2.24, 2.45) is 5.73 Å². The van der Waals surface area contributed by atoms with Gasteiger partial charge in [0.25, 0.3) is 0 Å². The molecule has 56 valence electrons. The molecule has 2 N–H and O–H groups in total. The fraction of sp³-hybridized carbons (Fsp3) is 0.571. The maximum Gasteiger partial charge on any atom is 0.0514 e. The molecule has 0 fully saturated rings. The molecule has 0 bridgehead atoms. The second kappa shape index (κ2) is 3.12. The third-order valence-electron chi connectivity index (χ3n) is 1.49. The molecule has 0 aliphatic rings. The molecule has 0 amide bonds. The van der Waals surface area contributed by atoms with Gasteiger partial charge in [-0.3, -0.25) is 0 Å². The van der Waals surface area contributed by atoms with Crippen LogP contribution in [0.4, 0.5) is 0 Å². The van der Waals surface area contributed by atoms with E-state index in [1.807, 2.05) is 6.92 Å². The van der Waals surface area contributed by atoms with Crippen molar-refractivity contribution in [2.75, 3.05) is 6.54 Å². The molecule has 1 rings (SSSR count). The van der Waals surface area contributed by atoms with E-state index in [0.717, 1.165) is 5.69 Å². The summed E-state index contributed by atoms with van der Waals surface area (Å²) in [7, 11) is 0. The molecule has 1 aromatic rings. The van der Waals surface area contributed by atoms with Crippen LogP contribution in [0.15, 0.2) is 6.07 Å². The van der Waals surface area contributed by atoms with Gasteiger partial charge in [0, 0.05) is 10.8 Å². The zero-order valence-corrected chi connectivity index (χ0v) is 7.11. The normalized spacial score (nSPS) is 13.5. The standard InChI is InChI=1S/C7H12N2S/c1-5(4-8)7-3-6(2)9-10-7/h3,5H,4,8H2,1-2H3. The van der Waals surface area contributed by atoms with Crippen molar-refractivity contribution in [1.82, 2.24) is 4.37 Å². The molecule has 0 radical (unpaired) electrons. The molecule has 3 heteroatoms. The van der Waals surface area contributed by atoms with Gasteiger partial charge >= 0.3 is 0 Å². The summed E-state index contributed by atoms with van der Waals surface area (Å²) < 4.78 is 4.17. The molecule has 1 atom stereocenters. The second-order valence-corrected chi connectivity index (χ2v) is 3.34. The Morgan fingerprint density at radius 1 is 1.80 bits per heavy atom. The van der Waals surface area contributed by atoms with Crippen LogP contribution < -0.4 is 5.73 Å². The first-order valence-electron chi connectivity index (χ1n) is 3.37. The second-order valence-electron chi connectivity index (χ2n) is 2.51. The highest BCUT2D eigenvalue weighted by molar-refractivity contribution is 7.05. The van der Waals surface area contributed by atoms with Gasteiger partial charge in [-0.05, 0) is 31.1 Å². The van der Waals surface area contributed by atoms with E-state index in [4.69, 9.17) is 5.73 Å². The molecule has 1 heterocycles. The van der Waals surface area contributed by atoms with Gasteiger partial charge in [-0.2, -0.15) is 4.37 Å². The molecule has 0 saturated carbocycles. The van der Waals surface area contributed by atoms with E-state index >= 15 is 0 Å². The van der Waals surface area contributed by atoms with Gasteiger partial charge in [-0.25, -0.2) is 0 Å². The molecule has 2 nitrogen and oxygen atoms in total. The molecular weight excluding hydrogens is 144 g/mol. The lowest BCUT2D eigenvalue weighted by Gasteiger charge is -2.01. The van der Waals surface area contributed by atoms with Crippen molar-refractivity contribution in [3.05, 3.63) is 16.6 Å².